The molecule has 0 radical (unpaired) electrons. The van der Waals surface area contributed by atoms with E-state index in [0.717, 1.165) is 23.6 Å². The quantitative estimate of drug-likeness (QED) is 0.706. The van der Waals surface area contributed by atoms with E-state index in [2.05, 4.69) is 25.0 Å². The van der Waals surface area contributed by atoms with Crippen LogP contribution in [0.1, 0.15) is 25.2 Å². The average Bonchev–Trinajstić information content (AvgIpc) is 2.29. The van der Waals surface area contributed by atoms with E-state index in [0.29, 0.717) is 0 Å². The number of aryl methyl sites for hydroxylation is 1. The van der Waals surface area contributed by atoms with Crippen molar-refractivity contribution in [2.45, 2.75) is 34.2 Å². The van der Waals surface area contributed by atoms with Crippen LogP contribution in [0.15, 0.2) is 11.6 Å². The van der Waals surface area contributed by atoms with Crippen molar-refractivity contribution in [2.24, 2.45) is 0 Å². The molecular formula is C10H17N3. The molecule has 0 aliphatic carbocycles. The molecule has 0 aliphatic heterocycles. The Morgan fingerprint density at radius 1 is 1.46 bits per heavy atom. The number of allylic oxidation sites excluding steroid dienone is 2. The molecule has 1 rings (SSSR count). The molecule has 13 heavy (non-hydrogen) atoms. The topological polar surface area (TPSA) is 43.8 Å². The van der Waals surface area contributed by atoms with Crippen LogP contribution in [-0.2, 0) is 6.54 Å². The SMILES string of the molecule is CC(C)=CCn1nc(C)c(N)c1C. The van der Waals surface area contributed by atoms with Crippen LogP contribution in [0.4, 0.5) is 5.69 Å². The first-order valence-corrected chi connectivity index (χ1v) is 4.45. The van der Waals surface area contributed by atoms with Gasteiger partial charge in [-0.1, -0.05) is 11.6 Å². The van der Waals surface area contributed by atoms with Crippen LogP contribution in [0, 0.1) is 13.8 Å². The van der Waals surface area contributed by atoms with Crippen molar-refractivity contribution < 1.29 is 0 Å². The van der Waals surface area contributed by atoms with Gasteiger partial charge in [-0.05, 0) is 27.7 Å². The van der Waals surface area contributed by atoms with Gasteiger partial charge in [-0.3, -0.25) is 4.68 Å². The number of hydrogen-bond acceptors (Lipinski definition) is 2. The number of nitrogen functional groups attached to an aromatic ring is 1. The lowest BCUT2D eigenvalue weighted by molar-refractivity contribution is 0.670. The summed E-state index contributed by atoms with van der Waals surface area (Å²) in [6, 6.07) is 0. The summed E-state index contributed by atoms with van der Waals surface area (Å²) in [6.45, 7) is 8.89. The second kappa shape index (κ2) is 3.64. The fourth-order valence-corrected chi connectivity index (χ4v) is 1.16. The maximum atomic E-state index is 5.81. The highest BCUT2D eigenvalue weighted by atomic mass is 15.3. The maximum absolute atomic E-state index is 5.81. The van der Waals surface area contributed by atoms with Crippen molar-refractivity contribution in [1.82, 2.24) is 9.78 Å². The largest absolute Gasteiger partial charge is 0.396 e. The standard InChI is InChI=1S/C10H17N3/c1-7(2)5-6-13-9(4)10(11)8(3)12-13/h5H,6,11H2,1-4H3. The van der Waals surface area contributed by atoms with Crippen LogP contribution in [0.25, 0.3) is 0 Å². The van der Waals surface area contributed by atoms with Crippen molar-refractivity contribution in [3.63, 3.8) is 0 Å². The minimum atomic E-state index is 0.808. The molecule has 0 spiro atoms. The maximum Gasteiger partial charge on any atom is 0.0826 e. The molecule has 3 heteroatoms. The molecule has 2 N–H and O–H groups in total. The Kier molecular flexibility index (Phi) is 2.76. The first-order chi connectivity index (χ1) is 6.02. The number of nitrogens with zero attached hydrogens (tertiary/aromatic N) is 2. The van der Waals surface area contributed by atoms with Crippen molar-refractivity contribution in [3.8, 4) is 0 Å². The minimum absolute atomic E-state index is 0.808. The Bertz CT molecular complexity index is 330. The molecule has 1 aromatic rings. The molecule has 0 saturated heterocycles. The van der Waals surface area contributed by atoms with E-state index in [1.54, 1.807) is 0 Å². The molecule has 3 nitrogen and oxygen atoms in total. The lowest BCUT2D eigenvalue weighted by Gasteiger charge is -2.00. The molecule has 1 aromatic heterocycles. The highest BCUT2D eigenvalue weighted by Crippen LogP contribution is 2.14. The summed E-state index contributed by atoms with van der Waals surface area (Å²) >= 11 is 0. The fraction of sp³-hybridized carbons (Fsp3) is 0.500. The van der Waals surface area contributed by atoms with Crippen molar-refractivity contribution >= 4 is 5.69 Å². The van der Waals surface area contributed by atoms with Gasteiger partial charge >= 0.3 is 0 Å². The van der Waals surface area contributed by atoms with E-state index in [1.807, 2.05) is 18.5 Å². The Morgan fingerprint density at radius 2 is 2.08 bits per heavy atom. The summed E-state index contributed by atoms with van der Waals surface area (Å²) in [4.78, 5) is 0. The van der Waals surface area contributed by atoms with Gasteiger partial charge in [0.05, 0.1) is 23.6 Å². The molecule has 0 fully saturated rings. The first-order valence-electron chi connectivity index (χ1n) is 4.45. The Hall–Kier alpha value is -1.25. The van der Waals surface area contributed by atoms with Crippen molar-refractivity contribution in [2.75, 3.05) is 5.73 Å². The molecule has 0 amide bonds. The Balaban J connectivity index is 2.90. The lowest BCUT2D eigenvalue weighted by Crippen LogP contribution is -2.01. The smallest absolute Gasteiger partial charge is 0.0826 e. The summed E-state index contributed by atoms with van der Waals surface area (Å²) in [6.07, 6.45) is 2.14. The summed E-state index contributed by atoms with van der Waals surface area (Å²) in [5.41, 5.74) is 9.88. The number of rotatable bonds is 2. The second-order valence-corrected chi connectivity index (χ2v) is 3.55. The van der Waals surface area contributed by atoms with Crippen LogP contribution < -0.4 is 5.73 Å². The van der Waals surface area contributed by atoms with Gasteiger partial charge in [0.1, 0.15) is 0 Å². The van der Waals surface area contributed by atoms with E-state index in [-0.39, 0.29) is 0 Å². The number of anilines is 1. The molecule has 1 heterocycles. The predicted molar refractivity (Wildman–Crippen MR) is 55.5 cm³/mol. The fourth-order valence-electron chi connectivity index (χ4n) is 1.16. The molecule has 72 valence electrons. The molecule has 0 atom stereocenters. The zero-order valence-electron chi connectivity index (χ0n) is 8.76. The number of hydrogen-bond donors (Lipinski definition) is 1. The highest BCUT2D eigenvalue weighted by Gasteiger charge is 2.05. The van der Waals surface area contributed by atoms with Gasteiger partial charge in [0.2, 0.25) is 0 Å². The number of aromatic nitrogens is 2. The predicted octanol–water partition coefficient (Wildman–Crippen LogP) is 2.05. The summed E-state index contributed by atoms with van der Waals surface area (Å²) < 4.78 is 1.93. The normalized spacial score (nSPS) is 10.2. The molecule has 0 bridgehead atoms. The summed E-state index contributed by atoms with van der Waals surface area (Å²) in [5, 5.41) is 4.33. The molecular weight excluding hydrogens is 162 g/mol. The van der Waals surface area contributed by atoms with Gasteiger partial charge < -0.3 is 5.73 Å². The van der Waals surface area contributed by atoms with E-state index >= 15 is 0 Å². The summed E-state index contributed by atoms with van der Waals surface area (Å²) in [7, 11) is 0. The average molecular weight is 179 g/mol. The van der Waals surface area contributed by atoms with Gasteiger partial charge in [0, 0.05) is 0 Å². The zero-order chi connectivity index (χ0) is 10.0. The molecule has 0 unspecified atom stereocenters. The molecule has 0 aliphatic rings. The van der Waals surface area contributed by atoms with E-state index in [4.69, 9.17) is 5.73 Å². The van der Waals surface area contributed by atoms with Gasteiger partial charge in [0.15, 0.2) is 0 Å². The highest BCUT2D eigenvalue weighted by molar-refractivity contribution is 5.46. The second-order valence-electron chi connectivity index (χ2n) is 3.55. The first kappa shape index (κ1) is 9.84. The van der Waals surface area contributed by atoms with Crippen LogP contribution in [0.3, 0.4) is 0 Å². The van der Waals surface area contributed by atoms with Crippen LogP contribution >= 0.6 is 0 Å². The molecule has 0 aromatic carbocycles. The van der Waals surface area contributed by atoms with Crippen molar-refractivity contribution in [1.29, 1.82) is 0 Å². The number of nitrogens with two attached hydrogens (primary N) is 1. The van der Waals surface area contributed by atoms with Gasteiger partial charge in [-0.2, -0.15) is 5.10 Å². The van der Waals surface area contributed by atoms with E-state index in [9.17, 15) is 0 Å². The van der Waals surface area contributed by atoms with Gasteiger partial charge in [-0.25, -0.2) is 0 Å². The van der Waals surface area contributed by atoms with Crippen LogP contribution in [0.2, 0.25) is 0 Å². The van der Waals surface area contributed by atoms with E-state index < -0.39 is 0 Å². The third kappa shape index (κ3) is 2.11. The summed E-state index contributed by atoms with van der Waals surface area (Å²) in [5.74, 6) is 0. The van der Waals surface area contributed by atoms with Crippen molar-refractivity contribution in [3.05, 3.63) is 23.0 Å². The van der Waals surface area contributed by atoms with Crippen LogP contribution in [0.5, 0.6) is 0 Å². The Morgan fingerprint density at radius 3 is 2.46 bits per heavy atom. The lowest BCUT2D eigenvalue weighted by atomic mass is 10.3. The van der Waals surface area contributed by atoms with Gasteiger partial charge in [-0.15, -0.1) is 0 Å². The third-order valence-electron chi connectivity index (χ3n) is 2.11. The zero-order valence-corrected chi connectivity index (χ0v) is 8.76. The van der Waals surface area contributed by atoms with Crippen LogP contribution in [-0.4, -0.2) is 9.78 Å². The monoisotopic (exact) mass is 179 g/mol. The van der Waals surface area contributed by atoms with Gasteiger partial charge in [0.25, 0.3) is 0 Å². The Labute approximate surface area is 79.2 Å². The minimum Gasteiger partial charge on any atom is -0.396 e. The van der Waals surface area contributed by atoms with E-state index in [1.165, 1.54) is 5.57 Å². The third-order valence-corrected chi connectivity index (χ3v) is 2.11. The molecule has 0 saturated carbocycles.